The van der Waals surface area contributed by atoms with E-state index < -0.39 is 0 Å². The third kappa shape index (κ3) is 3.48. The Labute approximate surface area is 121 Å². The van der Waals surface area contributed by atoms with E-state index in [2.05, 4.69) is 29.2 Å². The summed E-state index contributed by atoms with van der Waals surface area (Å²) in [6.07, 6.45) is 1.01. The van der Waals surface area contributed by atoms with Crippen LogP contribution in [0.3, 0.4) is 0 Å². The van der Waals surface area contributed by atoms with Gasteiger partial charge in [0.15, 0.2) is 0 Å². The molecule has 0 saturated carbocycles. The molecule has 1 aromatic rings. The number of aromatic nitrogens is 1. The number of amides is 1. The number of nitrogens with one attached hydrogen (secondary N) is 1. The molecule has 110 valence electrons. The zero-order chi connectivity index (χ0) is 14.5. The average Bonchev–Trinajstić information content (AvgIpc) is 2.59. The number of likely N-dealkylation sites (N-methyl/N-ethyl adjacent to an activating group) is 1. The molecule has 20 heavy (non-hydrogen) atoms. The molecule has 2 heterocycles. The molecule has 1 aliphatic heterocycles. The number of anilines is 1. The van der Waals surface area contributed by atoms with Gasteiger partial charge in [-0.3, -0.25) is 4.79 Å². The zero-order valence-corrected chi connectivity index (χ0v) is 12.6. The van der Waals surface area contributed by atoms with Crippen molar-refractivity contribution in [3.63, 3.8) is 0 Å². The van der Waals surface area contributed by atoms with Crippen molar-refractivity contribution in [2.24, 2.45) is 0 Å². The van der Waals surface area contributed by atoms with E-state index in [0.717, 1.165) is 38.4 Å². The summed E-state index contributed by atoms with van der Waals surface area (Å²) in [4.78, 5) is 21.3. The maximum absolute atomic E-state index is 12.6. The van der Waals surface area contributed by atoms with Gasteiger partial charge in [-0.05, 0) is 46.0 Å². The van der Waals surface area contributed by atoms with Crippen LogP contribution in [0.15, 0.2) is 18.2 Å². The monoisotopic (exact) mass is 276 g/mol. The molecule has 1 aliphatic rings. The largest absolute Gasteiger partial charge is 0.370 e. The first-order valence-electron chi connectivity index (χ1n) is 7.32. The summed E-state index contributed by atoms with van der Waals surface area (Å²) in [7, 11) is 2.11. The van der Waals surface area contributed by atoms with E-state index in [9.17, 15) is 4.79 Å². The summed E-state index contributed by atoms with van der Waals surface area (Å²) in [5, 5.41) is 3.15. The van der Waals surface area contributed by atoms with Crippen LogP contribution in [0.25, 0.3) is 0 Å². The predicted molar refractivity (Wildman–Crippen MR) is 81.0 cm³/mol. The van der Waals surface area contributed by atoms with E-state index in [0.29, 0.717) is 5.69 Å². The van der Waals surface area contributed by atoms with Crippen LogP contribution >= 0.6 is 0 Å². The Morgan fingerprint density at radius 3 is 3.00 bits per heavy atom. The van der Waals surface area contributed by atoms with Crippen LogP contribution in [0, 0.1) is 0 Å². The van der Waals surface area contributed by atoms with Crippen molar-refractivity contribution in [3.8, 4) is 0 Å². The Morgan fingerprint density at radius 1 is 1.45 bits per heavy atom. The molecule has 5 heteroatoms. The Balaban J connectivity index is 2.15. The number of rotatable bonds is 3. The van der Waals surface area contributed by atoms with Crippen molar-refractivity contribution >= 4 is 11.7 Å². The van der Waals surface area contributed by atoms with Gasteiger partial charge in [0.05, 0.1) is 0 Å². The molecule has 2 rings (SSSR count). The molecule has 1 atom stereocenters. The third-order valence-electron chi connectivity index (χ3n) is 3.63. The molecular weight excluding hydrogens is 252 g/mol. The van der Waals surface area contributed by atoms with Gasteiger partial charge >= 0.3 is 0 Å². The first-order valence-corrected chi connectivity index (χ1v) is 7.32. The van der Waals surface area contributed by atoms with Gasteiger partial charge in [-0.2, -0.15) is 0 Å². The molecule has 0 aliphatic carbocycles. The van der Waals surface area contributed by atoms with Crippen LogP contribution in [0.2, 0.25) is 0 Å². The van der Waals surface area contributed by atoms with Gasteiger partial charge < -0.3 is 15.1 Å². The lowest BCUT2D eigenvalue weighted by Gasteiger charge is -2.27. The second-order valence-electron chi connectivity index (χ2n) is 5.40. The van der Waals surface area contributed by atoms with E-state index in [1.54, 1.807) is 6.07 Å². The highest BCUT2D eigenvalue weighted by Crippen LogP contribution is 2.13. The van der Waals surface area contributed by atoms with Crippen LogP contribution in [0.1, 0.15) is 30.8 Å². The predicted octanol–water partition coefficient (Wildman–Crippen LogP) is 1.68. The van der Waals surface area contributed by atoms with E-state index in [4.69, 9.17) is 0 Å². The normalized spacial score (nSPS) is 20.6. The standard InChI is InChI=1S/C15H24N4O/c1-4-16-14-8-5-7-13(17-14)15(20)19-10-6-9-18(3)11-12(19)2/h5,7-8,12H,4,6,9-11H2,1-3H3,(H,16,17). The summed E-state index contributed by atoms with van der Waals surface area (Å²) in [6, 6.07) is 5.79. The van der Waals surface area contributed by atoms with Crippen molar-refractivity contribution in [3.05, 3.63) is 23.9 Å². The highest BCUT2D eigenvalue weighted by Gasteiger charge is 2.25. The third-order valence-corrected chi connectivity index (χ3v) is 3.63. The quantitative estimate of drug-likeness (QED) is 0.912. The molecular formula is C15H24N4O. The minimum Gasteiger partial charge on any atom is -0.370 e. The zero-order valence-electron chi connectivity index (χ0n) is 12.6. The highest BCUT2D eigenvalue weighted by molar-refractivity contribution is 5.93. The maximum atomic E-state index is 12.6. The van der Waals surface area contributed by atoms with Crippen molar-refractivity contribution in [2.45, 2.75) is 26.3 Å². The Morgan fingerprint density at radius 2 is 2.25 bits per heavy atom. The highest BCUT2D eigenvalue weighted by atomic mass is 16.2. The molecule has 1 amide bonds. The van der Waals surface area contributed by atoms with Gasteiger partial charge in [0.2, 0.25) is 0 Å². The Bertz CT molecular complexity index is 463. The van der Waals surface area contributed by atoms with Crippen LogP contribution in [-0.2, 0) is 0 Å². The van der Waals surface area contributed by atoms with Crippen LogP contribution in [0.5, 0.6) is 0 Å². The molecule has 5 nitrogen and oxygen atoms in total. The topological polar surface area (TPSA) is 48.5 Å². The molecule has 1 aromatic heterocycles. The minimum absolute atomic E-state index is 0.0348. The smallest absolute Gasteiger partial charge is 0.272 e. The number of carbonyl (C=O) groups excluding carboxylic acids is 1. The summed E-state index contributed by atoms with van der Waals surface area (Å²) in [5.74, 6) is 0.797. The van der Waals surface area contributed by atoms with Crippen LogP contribution in [0.4, 0.5) is 5.82 Å². The first kappa shape index (κ1) is 14.8. The molecule has 1 N–H and O–H groups in total. The lowest BCUT2D eigenvalue weighted by molar-refractivity contribution is 0.0690. The molecule has 1 fully saturated rings. The molecule has 0 spiro atoms. The fraction of sp³-hybridized carbons (Fsp3) is 0.600. The van der Waals surface area contributed by atoms with Gasteiger partial charge in [-0.15, -0.1) is 0 Å². The fourth-order valence-corrected chi connectivity index (χ4v) is 2.65. The number of nitrogens with zero attached hydrogens (tertiary/aromatic N) is 3. The number of hydrogen-bond acceptors (Lipinski definition) is 4. The fourth-order valence-electron chi connectivity index (χ4n) is 2.65. The number of hydrogen-bond donors (Lipinski definition) is 1. The van der Waals surface area contributed by atoms with E-state index in [1.165, 1.54) is 0 Å². The molecule has 0 aromatic carbocycles. The van der Waals surface area contributed by atoms with Gasteiger partial charge in [0, 0.05) is 25.7 Å². The van der Waals surface area contributed by atoms with Crippen LogP contribution < -0.4 is 5.32 Å². The SMILES string of the molecule is CCNc1cccc(C(=O)N2CCCN(C)CC2C)n1. The van der Waals surface area contributed by atoms with E-state index >= 15 is 0 Å². The lowest BCUT2D eigenvalue weighted by Crippen LogP contribution is -2.42. The summed E-state index contributed by atoms with van der Waals surface area (Å²) in [6.45, 7) is 7.68. The molecule has 1 saturated heterocycles. The first-order chi connectivity index (χ1) is 9.61. The molecule has 0 bridgehead atoms. The van der Waals surface area contributed by atoms with Gasteiger partial charge in [-0.25, -0.2) is 4.98 Å². The Kier molecular flexibility index (Phi) is 4.95. The minimum atomic E-state index is 0.0348. The molecule has 1 unspecified atom stereocenters. The van der Waals surface area contributed by atoms with E-state index in [-0.39, 0.29) is 11.9 Å². The van der Waals surface area contributed by atoms with Gasteiger partial charge in [-0.1, -0.05) is 6.07 Å². The lowest BCUT2D eigenvalue weighted by atomic mass is 10.2. The van der Waals surface area contributed by atoms with E-state index in [1.807, 2.05) is 24.0 Å². The van der Waals surface area contributed by atoms with Crippen molar-refractivity contribution in [2.75, 3.05) is 38.5 Å². The average molecular weight is 276 g/mol. The van der Waals surface area contributed by atoms with Gasteiger partial charge in [0.25, 0.3) is 5.91 Å². The second-order valence-corrected chi connectivity index (χ2v) is 5.40. The van der Waals surface area contributed by atoms with Crippen molar-refractivity contribution in [1.29, 1.82) is 0 Å². The summed E-state index contributed by atoms with van der Waals surface area (Å²) >= 11 is 0. The number of pyridine rings is 1. The van der Waals surface area contributed by atoms with Crippen molar-refractivity contribution in [1.82, 2.24) is 14.8 Å². The second kappa shape index (κ2) is 6.70. The molecule has 0 radical (unpaired) electrons. The van der Waals surface area contributed by atoms with Crippen LogP contribution in [-0.4, -0.2) is 60.0 Å². The number of carbonyl (C=O) groups is 1. The van der Waals surface area contributed by atoms with Crippen molar-refractivity contribution < 1.29 is 4.79 Å². The summed E-state index contributed by atoms with van der Waals surface area (Å²) < 4.78 is 0. The summed E-state index contributed by atoms with van der Waals surface area (Å²) in [5.41, 5.74) is 0.528. The Hall–Kier alpha value is -1.62. The maximum Gasteiger partial charge on any atom is 0.272 e. The van der Waals surface area contributed by atoms with Gasteiger partial charge in [0.1, 0.15) is 11.5 Å².